The van der Waals surface area contributed by atoms with Crippen molar-refractivity contribution in [1.82, 2.24) is 20.2 Å². The van der Waals surface area contributed by atoms with Crippen molar-refractivity contribution in [1.29, 1.82) is 0 Å². The summed E-state index contributed by atoms with van der Waals surface area (Å²) in [5.74, 6) is 0. The molecule has 3 rings (SSSR count). The first-order valence-corrected chi connectivity index (χ1v) is 7.28. The number of halogens is 1. The lowest BCUT2D eigenvalue weighted by Gasteiger charge is -2.09. The van der Waals surface area contributed by atoms with Crippen molar-refractivity contribution in [3.8, 4) is 0 Å². The molecule has 0 spiro atoms. The molecule has 2 aromatic rings. The van der Waals surface area contributed by atoms with E-state index in [-0.39, 0.29) is 0 Å². The molecule has 0 aliphatic heterocycles. The average Bonchev–Trinajstić information content (AvgIpc) is 3.10. The van der Waals surface area contributed by atoms with Crippen molar-refractivity contribution < 1.29 is 5.11 Å². The molecule has 1 saturated carbocycles. The number of benzene rings is 1. The normalized spacial score (nSPS) is 16.6. The highest BCUT2D eigenvalue weighted by Gasteiger charge is 2.28. The van der Waals surface area contributed by atoms with Gasteiger partial charge in [0.15, 0.2) is 0 Å². The quantitative estimate of drug-likeness (QED) is 0.940. The third kappa shape index (κ3) is 2.75. The van der Waals surface area contributed by atoms with Crippen LogP contribution < -0.4 is 0 Å². The Hall–Kier alpha value is -1.11. The van der Waals surface area contributed by atoms with Crippen LogP contribution in [0.2, 0.25) is 5.02 Å². The van der Waals surface area contributed by atoms with Gasteiger partial charge in [-0.1, -0.05) is 17.7 Å². The Morgan fingerprint density at radius 3 is 2.89 bits per heavy atom. The molecule has 1 unspecified atom stereocenters. The van der Waals surface area contributed by atoms with Crippen molar-refractivity contribution in [3.05, 3.63) is 28.8 Å². The molecule has 100 valence electrons. The molecule has 1 aromatic heterocycles. The number of rotatable bonds is 4. The van der Waals surface area contributed by atoms with Crippen LogP contribution in [-0.2, 0) is 0 Å². The van der Waals surface area contributed by atoms with E-state index in [1.165, 1.54) is 11.8 Å². The Balaban J connectivity index is 1.83. The standard InChI is InChI=1S/C12H13ClN4OS/c1-7(18)10-5-4-9(6-11(10)13)19-12-14-15-16-17(12)8-2-3-8/h4-8,18H,2-3H2,1H3. The van der Waals surface area contributed by atoms with Gasteiger partial charge in [0.2, 0.25) is 5.16 Å². The molecule has 1 fully saturated rings. The number of hydrogen-bond acceptors (Lipinski definition) is 5. The third-order valence-corrected chi connectivity index (χ3v) is 4.25. The van der Waals surface area contributed by atoms with Gasteiger partial charge < -0.3 is 5.11 Å². The summed E-state index contributed by atoms with van der Waals surface area (Å²) in [7, 11) is 0. The molecule has 1 aromatic carbocycles. The van der Waals surface area contributed by atoms with Gasteiger partial charge in [-0.15, -0.1) is 5.10 Å². The van der Waals surface area contributed by atoms with Crippen LogP contribution in [-0.4, -0.2) is 25.3 Å². The van der Waals surface area contributed by atoms with Gasteiger partial charge >= 0.3 is 0 Å². The molecule has 0 amide bonds. The van der Waals surface area contributed by atoms with Crippen LogP contribution in [0.4, 0.5) is 0 Å². The average molecular weight is 297 g/mol. The second-order valence-corrected chi connectivity index (χ2v) is 6.05. The van der Waals surface area contributed by atoms with Gasteiger partial charge in [-0.05, 0) is 59.7 Å². The maximum atomic E-state index is 9.55. The van der Waals surface area contributed by atoms with Crippen LogP contribution in [0.25, 0.3) is 0 Å². The van der Waals surface area contributed by atoms with Crippen LogP contribution in [0.3, 0.4) is 0 Å². The first kappa shape index (κ1) is 12.9. The number of nitrogens with zero attached hydrogens (tertiary/aromatic N) is 4. The van der Waals surface area contributed by atoms with Gasteiger partial charge in [0, 0.05) is 9.92 Å². The van der Waals surface area contributed by atoms with E-state index in [2.05, 4.69) is 15.5 Å². The Morgan fingerprint density at radius 1 is 1.47 bits per heavy atom. The molecule has 0 radical (unpaired) electrons. The molecule has 5 nitrogen and oxygen atoms in total. The molecular weight excluding hydrogens is 284 g/mol. The van der Waals surface area contributed by atoms with Gasteiger partial charge in [-0.2, -0.15) is 0 Å². The SMILES string of the molecule is CC(O)c1ccc(Sc2nnnn2C2CC2)cc1Cl. The predicted octanol–water partition coefficient (Wildman–Crippen LogP) is 2.87. The molecule has 1 N–H and O–H groups in total. The van der Waals surface area contributed by atoms with E-state index in [1.54, 1.807) is 6.92 Å². The summed E-state index contributed by atoms with van der Waals surface area (Å²) in [6, 6.07) is 6.04. The van der Waals surface area contributed by atoms with Crippen molar-refractivity contribution in [2.75, 3.05) is 0 Å². The fourth-order valence-corrected chi connectivity index (χ4v) is 3.10. The van der Waals surface area contributed by atoms with E-state index in [4.69, 9.17) is 11.6 Å². The minimum absolute atomic E-state index is 0.449. The van der Waals surface area contributed by atoms with Crippen LogP contribution >= 0.6 is 23.4 Å². The van der Waals surface area contributed by atoms with E-state index in [1.807, 2.05) is 22.9 Å². The summed E-state index contributed by atoms with van der Waals surface area (Å²) in [5.41, 5.74) is 0.729. The predicted molar refractivity (Wildman–Crippen MR) is 72.3 cm³/mol. The minimum atomic E-state index is -0.566. The molecule has 0 bridgehead atoms. The summed E-state index contributed by atoms with van der Waals surface area (Å²) in [6.07, 6.45) is 1.71. The first-order valence-electron chi connectivity index (χ1n) is 6.08. The zero-order valence-corrected chi connectivity index (χ0v) is 11.9. The largest absolute Gasteiger partial charge is 0.389 e. The van der Waals surface area contributed by atoms with E-state index < -0.39 is 6.10 Å². The summed E-state index contributed by atoms with van der Waals surface area (Å²) < 4.78 is 1.86. The maximum Gasteiger partial charge on any atom is 0.214 e. The zero-order valence-electron chi connectivity index (χ0n) is 10.3. The number of hydrogen-bond donors (Lipinski definition) is 1. The molecule has 1 aliphatic rings. The van der Waals surface area contributed by atoms with E-state index in [9.17, 15) is 5.11 Å². The van der Waals surface area contributed by atoms with Crippen molar-refractivity contribution >= 4 is 23.4 Å². The van der Waals surface area contributed by atoms with Crippen LogP contribution in [0.5, 0.6) is 0 Å². The highest BCUT2D eigenvalue weighted by Crippen LogP contribution is 2.38. The van der Waals surface area contributed by atoms with Crippen LogP contribution in [0.1, 0.15) is 37.5 Å². The number of tetrazole rings is 1. The van der Waals surface area contributed by atoms with E-state index in [0.29, 0.717) is 11.1 Å². The smallest absolute Gasteiger partial charge is 0.214 e. The lowest BCUT2D eigenvalue weighted by Crippen LogP contribution is -1.98. The zero-order chi connectivity index (χ0) is 13.4. The Bertz CT molecular complexity index is 597. The highest BCUT2D eigenvalue weighted by molar-refractivity contribution is 7.99. The Kier molecular flexibility index (Phi) is 3.47. The van der Waals surface area contributed by atoms with Crippen molar-refractivity contribution in [2.24, 2.45) is 0 Å². The number of aromatic nitrogens is 4. The summed E-state index contributed by atoms with van der Waals surface area (Å²) in [6.45, 7) is 1.70. The second-order valence-electron chi connectivity index (χ2n) is 4.60. The monoisotopic (exact) mass is 296 g/mol. The molecule has 19 heavy (non-hydrogen) atoms. The van der Waals surface area contributed by atoms with Crippen molar-refractivity contribution in [2.45, 2.75) is 42.0 Å². The van der Waals surface area contributed by atoms with E-state index in [0.717, 1.165) is 28.5 Å². The topological polar surface area (TPSA) is 63.8 Å². The highest BCUT2D eigenvalue weighted by atomic mass is 35.5. The Labute approximate surface area is 120 Å². The van der Waals surface area contributed by atoms with Crippen LogP contribution in [0, 0.1) is 0 Å². The Morgan fingerprint density at radius 2 is 2.26 bits per heavy atom. The minimum Gasteiger partial charge on any atom is -0.389 e. The molecule has 7 heteroatoms. The third-order valence-electron chi connectivity index (χ3n) is 2.99. The molecule has 1 atom stereocenters. The number of aliphatic hydroxyl groups is 1. The van der Waals surface area contributed by atoms with Gasteiger partial charge in [0.25, 0.3) is 0 Å². The van der Waals surface area contributed by atoms with Crippen molar-refractivity contribution in [3.63, 3.8) is 0 Å². The molecule has 0 saturated heterocycles. The van der Waals surface area contributed by atoms with Gasteiger partial charge in [0.05, 0.1) is 12.1 Å². The summed E-state index contributed by atoms with van der Waals surface area (Å²) in [4.78, 5) is 0.964. The van der Waals surface area contributed by atoms with Crippen LogP contribution in [0.15, 0.2) is 28.3 Å². The lowest BCUT2D eigenvalue weighted by molar-refractivity contribution is 0.199. The summed E-state index contributed by atoms with van der Waals surface area (Å²) >= 11 is 7.63. The fraction of sp³-hybridized carbons (Fsp3) is 0.417. The lowest BCUT2D eigenvalue weighted by atomic mass is 10.1. The molecule has 1 aliphatic carbocycles. The van der Waals surface area contributed by atoms with Gasteiger partial charge in [0.1, 0.15) is 0 Å². The summed E-state index contributed by atoms with van der Waals surface area (Å²) in [5, 5.41) is 22.6. The molecule has 1 heterocycles. The fourth-order valence-electron chi connectivity index (χ4n) is 1.82. The maximum absolute atomic E-state index is 9.55. The second kappa shape index (κ2) is 5.11. The first-order chi connectivity index (χ1) is 9.15. The van der Waals surface area contributed by atoms with Gasteiger partial charge in [-0.25, -0.2) is 4.68 Å². The van der Waals surface area contributed by atoms with Gasteiger partial charge in [-0.3, -0.25) is 0 Å². The molecular formula is C12H13ClN4OS. The number of aliphatic hydroxyl groups excluding tert-OH is 1. The van der Waals surface area contributed by atoms with E-state index >= 15 is 0 Å².